The lowest BCUT2D eigenvalue weighted by atomic mass is 9.54. The number of allylic oxidation sites excluding steroid dienone is 2. The van der Waals surface area contributed by atoms with Gasteiger partial charge in [0.15, 0.2) is 0 Å². The lowest BCUT2D eigenvalue weighted by Gasteiger charge is -2.44. The Bertz CT molecular complexity index is 1080. The number of amides is 4. The molecular weight excluding hydrogens is 412 g/mol. The van der Waals surface area contributed by atoms with Crippen LogP contribution in [-0.4, -0.2) is 33.8 Å². The highest BCUT2D eigenvalue weighted by atomic mass is 16.3. The lowest BCUT2D eigenvalue weighted by molar-refractivity contribution is -0.137. The SMILES string of the molecule is O=C1[C@@H]2C3C=CC([C@H]2C(=O)N1c1ccc(O)cc1)[C@@H]1C(=O)N(c2ccc(O)cc2)C(=O)[C@@H]31. The van der Waals surface area contributed by atoms with Gasteiger partial charge in [-0.2, -0.15) is 0 Å². The largest absolute Gasteiger partial charge is 0.508 e. The molecule has 4 amide bonds. The number of carbonyl (C=O) groups excluding carboxylic acids is 4. The molecule has 0 aromatic heterocycles. The van der Waals surface area contributed by atoms with Gasteiger partial charge in [-0.05, 0) is 48.5 Å². The van der Waals surface area contributed by atoms with Gasteiger partial charge in [0.05, 0.1) is 35.0 Å². The van der Waals surface area contributed by atoms with Crippen molar-refractivity contribution >= 4 is 35.0 Å². The van der Waals surface area contributed by atoms with E-state index in [1.54, 1.807) is 0 Å². The van der Waals surface area contributed by atoms with Gasteiger partial charge in [-0.15, -0.1) is 0 Å². The molecular formula is C24H18N2O6. The zero-order valence-electron chi connectivity index (χ0n) is 16.7. The monoisotopic (exact) mass is 430 g/mol. The van der Waals surface area contributed by atoms with E-state index in [4.69, 9.17) is 0 Å². The molecule has 2 saturated heterocycles. The number of imide groups is 2. The first-order valence-corrected chi connectivity index (χ1v) is 10.4. The van der Waals surface area contributed by atoms with Crippen LogP contribution in [0.4, 0.5) is 11.4 Å². The maximum atomic E-state index is 13.4. The van der Waals surface area contributed by atoms with Crippen LogP contribution in [0, 0.1) is 35.5 Å². The van der Waals surface area contributed by atoms with Crippen molar-refractivity contribution in [2.75, 3.05) is 9.80 Å². The van der Waals surface area contributed by atoms with E-state index in [0.29, 0.717) is 11.4 Å². The Labute approximate surface area is 182 Å². The van der Waals surface area contributed by atoms with Crippen LogP contribution in [0.3, 0.4) is 0 Å². The standard InChI is InChI=1S/C24H18N2O6/c27-13-5-1-11(2-6-13)25-21(29)17-15-9-10-16(18(17)22(25)30)20-19(15)23(31)26(24(20)32)12-3-7-14(28)8-4-12/h1-10,15-20,27-28H/t15?,16?,17-,18-,19+,20+. The van der Waals surface area contributed by atoms with Crippen molar-refractivity contribution in [2.45, 2.75) is 0 Å². The number of nitrogens with zero attached hydrogens (tertiary/aromatic N) is 2. The normalized spacial score (nSPS) is 32.6. The number of aromatic hydroxyl groups is 2. The van der Waals surface area contributed by atoms with Gasteiger partial charge in [-0.3, -0.25) is 29.0 Å². The quantitative estimate of drug-likeness (QED) is 0.555. The van der Waals surface area contributed by atoms with E-state index in [0.717, 1.165) is 9.80 Å². The molecule has 2 N–H and O–H groups in total. The molecule has 8 nitrogen and oxygen atoms in total. The van der Waals surface area contributed by atoms with Gasteiger partial charge in [-0.1, -0.05) is 12.2 Å². The third kappa shape index (κ3) is 2.26. The van der Waals surface area contributed by atoms with Crippen molar-refractivity contribution < 1.29 is 29.4 Å². The molecule has 2 aliphatic heterocycles. The van der Waals surface area contributed by atoms with Crippen LogP contribution in [0.15, 0.2) is 60.7 Å². The predicted octanol–water partition coefficient (Wildman–Crippen LogP) is 1.82. The number of phenols is 2. The van der Waals surface area contributed by atoms with Crippen LogP contribution < -0.4 is 9.80 Å². The molecule has 6 atom stereocenters. The highest BCUT2D eigenvalue weighted by Gasteiger charge is 2.68. The van der Waals surface area contributed by atoms with Gasteiger partial charge < -0.3 is 10.2 Å². The van der Waals surface area contributed by atoms with Crippen molar-refractivity contribution in [3.63, 3.8) is 0 Å². The first-order chi connectivity index (χ1) is 15.4. The number of hydrogen-bond acceptors (Lipinski definition) is 6. The first-order valence-electron chi connectivity index (χ1n) is 10.4. The summed E-state index contributed by atoms with van der Waals surface area (Å²) in [4.78, 5) is 55.7. The summed E-state index contributed by atoms with van der Waals surface area (Å²) in [5, 5.41) is 19.1. The minimum Gasteiger partial charge on any atom is -0.508 e. The van der Waals surface area contributed by atoms with Crippen molar-refractivity contribution in [3.8, 4) is 11.5 Å². The molecule has 3 aliphatic carbocycles. The summed E-state index contributed by atoms with van der Waals surface area (Å²) in [5.41, 5.74) is 0.722. The van der Waals surface area contributed by atoms with Gasteiger partial charge in [0.25, 0.3) is 0 Å². The topological polar surface area (TPSA) is 115 Å². The zero-order chi connectivity index (χ0) is 22.3. The van der Waals surface area contributed by atoms with E-state index in [1.165, 1.54) is 48.5 Å². The number of anilines is 2. The Kier molecular flexibility index (Phi) is 3.69. The average molecular weight is 430 g/mol. The molecule has 2 aromatic carbocycles. The fourth-order valence-corrected chi connectivity index (χ4v) is 5.94. The number of rotatable bonds is 2. The van der Waals surface area contributed by atoms with Crippen LogP contribution in [0.1, 0.15) is 0 Å². The van der Waals surface area contributed by atoms with Crippen LogP contribution in [0.5, 0.6) is 11.5 Å². The summed E-state index contributed by atoms with van der Waals surface area (Å²) in [7, 11) is 0. The Morgan fingerprint density at radius 1 is 0.500 bits per heavy atom. The molecule has 2 aromatic rings. The molecule has 3 fully saturated rings. The van der Waals surface area contributed by atoms with E-state index in [9.17, 15) is 29.4 Å². The highest BCUT2D eigenvalue weighted by molar-refractivity contribution is 6.26. The zero-order valence-corrected chi connectivity index (χ0v) is 16.7. The van der Waals surface area contributed by atoms with E-state index in [-0.39, 0.29) is 35.1 Å². The maximum Gasteiger partial charge on any atom is 0.238 e. The summed E-state index contributed by atoms with van der Waals surface area (Å²) in [6.45, 7) is 0. The van der Waals surface area contributed by atoms with Crippen molar-refractivity contribution in [2.24, 2.45) is 35.5 Å². The Balaban J connectivity index is 1.39. The molecule has 5 aliphatic rings. The Hall–Kier alpha value is -3.94. The maximum absolute atomic E-state index is 13.4. The third-order valence-electron chi connectivity index (χ3n) is 7.23. The molecule has 2 heterocycles. The summed E-state index contributed by atoms with van der Waals surface area (Å²) in [6, 6.07) is 11.6. The predicted molar refractivity (Wildman–Crippen MR) is 111 cm³/mol. The molecule has 0 spiro atoms. The van der Waals surface area contributed by atoms with Crippen molar-refractivity contribution in [3.05, 3.63) is 60.7 Å². The second-order valence-electron chi connectivity index (χ2n) is 8.70. The highest BCUT2D eigenvalue weighted by Crippen LogP contribution is 2.58. The van der Waals surface area contributed by atoms with Gasteiger partial charge in [0, 0.05) is 11.8 Å². The minimum absolute atomic E-state index is 0.0204. The molecule has 0 radical (unpaired) electrons. The average Bonchev–Trinajstić information content (AvgIpc) is 3.23. The van der Waals surface area contributed by atoms with Crippen LogP contribution in [0.25, 0.3) is 0 Å². The van der Waals surface area contributed by atoms with E-state index in [1.807, 2.05) is 12.2 Å². The second-order valence-corrected chi connectivity index (χ2v) is 8.70. The van der Waals surface area contributed by atoms with Crippen LogP contribution in [-0.2, 0) is 19.2 Å². The van der Waals surface area contributed by atoms with Gasteiger partial charge >= 0.3 is 0 Å². The summed E-state index contributed by atoms with van der Waals surface area (Å²) >= 11 is 0. The van der Waals surface area contributed by atoms with Crippen molar-refractivity contribution in [1.82, 2.24) is 0 Å². The number of carbonyl (C=O) groups is 4. The number of phenolic OH excluding ortho intramolecular Hbond substituents is 2. The first kappa shape index (κ1) is 18.8. The minimum atomic E-state index is -0.705. The lowest BCUT2D eigenvalue weighted by Crippen LogP contribution is -2.50. The number of benzene rings is 2. The molecule has 32 heavy (non-hydrogen) atoms. The summed E-state index contributed by atoms with van der Waals surface area (Å²) in [5.74, 6) is -5.41. The van der Waals surface area contributed by atoms with Gasteiger partial charge in [0.1, 0.15) is 11.5 Å². The van der Waals surface area contributed by atoms with Gasteiger partial charge in [0.2, 0.25) is 23.6 Å². The fourth-order valence-electron chi connectivity index (χ4n) is 5.94. The molecule has 8 heteroatoms. The molecule has 160 valence electrons. The molecule has 1 saturated carbocycles. The fraction of sp³-hybridized carbons (Fsp3) is 0.250. The summed E-state index contributed by atoms with van der Waals surface area (Å²) < 4.78 is 0. The van der Waals surface area contributed by atoms with Crippen molar-refractivity contribution in [1.29, 1.82) is 0 Å². The van der Waals surface area contributed by atoms with E-state index in [2.05, 4.69) is 0 Å². The molecule has 2 bridgehead atoms. The second kappa shape index (κ2) is 6.29. The third-order valence-corrected chi connectivity index (χ3v) is 7.23. The smallest absolute Gasteiger partial charge is 0.238 e. The van der Waals surface area contributed by atoms with Gasteiger partial charge in [-0.25, -0.2) is 0 Å². The van der Waals surface area contributed by atoms with E-state index < -0.39 is 35.5 Å². The summed E-state index contributed by atoms with van der Waals surface area (Å²) in [6.07, 6.45) is 3.62. The van der Waals surface area contributed by atoms with E-state index >= 15 is 0 Å². The number of hydrogen-bond donors (Lipinski definition) is 2. The van der Waals surface area contributed by atoms with Crippen LogP contribution >= 0.6 is 0 Å². The Morgan fingerprint density at radius 2 is 0.781 bits per heavy atom. The molecule has 2 unspecified atom stereocenters. The van der Waals surface area contributed by atoms with Crippen LogP contribution in [0.2, 0.25) is 0 Å². The Morgan fingerprint density at radius 3 is 1.06 bits per heavy atom. The molecule has 7 rings (SSSR count).